The molecule has 0 rings (SSSR count). The van der Waals surface area contributed by atoms with E-state index in [9.17, 15) is 0 Å². The van der Waals surface area contributed by atoms with E-state index >= 15 is 0 Å². The Morgan fingerprint density at radius 3 is 1.86 bits per heavy atom. The molecule has 0 unspecified atom stereocenters. The van der Waals surface area contributed by atoms with Crippen LogP contribution in [0.2, 0.25) is 19.6 Å². The SMILES string of the molecule is C[Si](C)(C)O[NH2+]N. The third-order valence-electron chi connectivity index (χ3n) is 0.422. The molecule has 0 aliphatic carbocycles. The summed E-state index contributed by atoms with van der Waals surface area (Å²) in [5.74, 6) is 5.00. The highest BCUT2D eigenvalue weighted by atomic mass is 28.4. The van der Waals surface area contributed by atoms with Gasteiger partial charge in [0.15, 0.2) is 0 Å². The van der Waals surface area contributed by atoms with E-state index in [0.717, 1.165) is 0 Å². The van der Waals surface area contributed by atoms with E-state index in [1.54, 1.807) is 0 Å². The van der Waals surface area contributed by atoms with Crippen LogP contribution in [-0.2, 0) is 4.53 Å². The van der Waals surface area contributed by atoms with Crippen molar-refractivity contribution in [3.05, 3.63) is 0 Å². The summed E-state index contributed by atoms with van der Waals surface area (Å²) < 4.78 is 5.02. The predicted octanol–water partition coefficient (Wildman–Crippen LogP) is -0.810. The fourth-order valence-corrected chi connectivity index (χ4v) is 0.612. The van der Waals surface area contributed by atoms with Crippen molar-refractivity contribution in [3.63, 3.8) is 0 Å². The minimum atomic E-state index is -1.34. The Kier molecular flexibility index (Phi) is 2.45. The maximum Gasteiger partial charge on any atom is 0.266 e. The Morgan fingerprint density at radius 2 is 1.86 bits per heavy atom. The van der Waals surface area contributed by atoms with Crippen LogP contribution in [0.4, 0.5) is 0 Å². The molecule has 4 N–H and O–H groups in total. The van der Waals surface area contributed by atoms with Crippen LogP contribution in [0.5, 0.6) is 0 Å². The molecule has 0 amide bonds. The van der Waals surface area contributed by atoms with Crippen LogP contribution in [0.3, 0.4) is 0 Å². The first kappa shape index (κ1) is 7.10. The summed E-state index contributed by atoms with van der Waals surface area (Å²) in [7, 11) is -1.34. The van der Waals surface area contributed by atoms with Crippen LogP contribution in [0.25, 0.3) is 0 Å². The van der Waals surface area contributed by atoms with Crippen LogP contribution in [-0.4, -0.2) is 8.32 Å². The minimum Gasteiger partial charge on any atom is -0.242 e. The molecule has 0 saturated carbocycles. The third kappa shape index (κ3) is 6.10. The van der Waals surface area contributed by atoms with Gasteiger partial charge in [-0.05, 0) is 19.6 Å². The van der Waals surface area contributed by atoms with Gasteiger partial charge in [0.1, 0.15) is 0 Å². The summed E-state index contributed by atoms with van der Waals surface area (Å²) in [6.45, 7) is 6.24. The van der Waals surface area contributed by atoms with Gasteiger partial charge in [-0.25, -0.2) is 4.53 Å². The smallest absolute Gasteiger partial charge is 0.242 e. The first-order chi connectivity index (χ1) is 3.06. The summed E-state index contributed by atoms with van der Waals surface area (Å²) in [6.07, 6.45) is 0. The van der Waals surface area contributed by atoms with Gasteiger partial charge in [0.25, 0.3) is 8.32 Å². The average Bonchev–Trinajstić information content (AvgIpc) is 1.30. The highest BCUT2D eigenvalue weighted by Crippen LogP contribution is 1.94. The molecule has 0 radical (unpaired) electrons. The van der Waals surface area contributed by atoms with Gasteiger partial charge < -0.3 is 0 Å². The number of rotatable bonds is 2. The van der Waals surface area contributed by atoms with Crippen molar-refractivity contribution < 1.29 is 10.1 Å². The van der Waals surface area contributed by atoms with E-state index in [1.807, 2.05) is 0 Å². The molecule has 3 nitrogen and oxygen atoms in total. The Labute approximate surface area is 44.9 Å². The molecule has 0 aromatic carbocycles. The largest absolute Gasteiger partial charge is 0.266 e. The van der Waals surface area contributed by atoms with Gasteiger partial charge in [-0.2, -0.15) is 5.84 Å². The van der Waals surface area contributed by atoms with E-state index in [-0.39, 0.29) is 0 Å². The van der Waals surface area contributed by atoms with Crippen molar-refractivity contribution in [2.24, 2.45) is 5.84 Å². The molecule has 0 aliphatic rings. The molecular formula is C3H13N2OSi+. The molecule has 0 saturated heterocycles. The lowest BCUT2D eigenvalue weighted by atomic mass is 11.8. The van der Waals surface area contributed by atoms with Gasteiger partial charge in [-0.15, -0.1) is 5.59 Å². The molecular weight excluding hydrogens is 108 g/mol. The highest BCUT2D eigenvalue weighted by molar-refractivity contribution is 6.69. The zero-order chi connectivity index (χ0) is 5.91. The second-order valence-corrected chi connectivity index (χ2v) is 6.83. The highest BCUT2D eigenvalue weighted by Gasteiger charge is 2.16. The Hall–Kier alpha value is 0.0969. The zero-order valence-electron chi connectivity index (χ0n) is 5.06. The molecule has 0 aromatic heterocycles. The fourth-order valence-electron chi connectivity index (χ4n) is 0.204. The molecule has 0 atom stereocenters. The maximum atomic E-state index is 5.02. The van der Waals surface area contributed by atoms with E-state index in [4.69, 9.17) is 10.4 Å². The van der Waals surface area contributed by atoms with Crippen molar-refractivity contribution in [3.8, 4) is 0 Å². The van der Waals surface area contributed by atoms with E-state index in [2.05, 4.69) is 19.6 Å². The minimum absolute atomic E-state index is 1.27. The van der Waals surface area contributed by atoms with Crippen LogP contribution in [0, 0.1) is 0 Å². The number of quaternary nitrogens is 1. The summed E-state index contributed by atoms with van der Waals surface area (Å²) in [6, 6.07) is 0. The predicted molar refractivity (Wildman–Crippen MR) is 30.5 cm³/mol. The van der Waals surface area contributed by atoms with Crippen molar-refractivity contribution in [1.82, 2.24) is 0 Å². The van der Waals surface area contributed by atoms with Crippen LogP contribution >= 0.6 is 0 Å². The summed E-state index contributed by atoms with van der Waals surface area (Å²) >= 11 is 0. The molecule has 0 spiro atoms. The van der Waals surface area contributed by atoms with Crippen molar-refractivity contribution >= 4 is 8.32 Å². The maximum absolute atomic E-state index is 5.02. The molecule has 4 heteroatoms. The van der Waals surface area contributed by atoms with Gasteiger partial charge in [0.2, 0.25) is 0 Å². The van der Waals surface area contributed by atoms with Gasteiger partial charge in [-0.1, -0.05) is 0 Å². The molecule has 0 aliphatic heterocycles. The van der Waals surface area contributed by atoms with E-state index < -0.39 is 8.32 Å². The Balaban J connectivity index is 3.15. The first-order valence-electron chi connectivity index (χ1n) is 2.27. The fraction of sp³-hybridized carbons (Fsp3) is 1.00. The molecule has 7 heavy (non-hydrogen) atoms. The van der Waals surface area contributed by atoms with E-state index in [1.165, 1.54) is 5.59 Å². The lowest BCUT2D eigenvalue weighted by Gasteiger charge is -2.08. The van der Waals surface area contributed by atoms with Crippen molar-refractivity contribution in [2.45, 2.75) is 19.6 Å². The average molecular weight is 121 g/mol. The third-order valence-corrected chi connectivity index (χ3v) is 1.26. The van der Waals surface area contributed by atoms with Gasteiger partial charge in [0.05, 0.1) is 0 Å². The van der Waals surface area contributed by atoms with Gasteiger partial charge >= 0.3 is 0 Å². The van der Waals surface area contributed by atoms with Crippen molar-refractivity contribution in [1.29, 1.82) is 0 Å². The molecule has 0 heterocycles. The van der Waals surface area contributed by atoms with E-state index in [0.29, 0.717) is 0 Å². The lowest BCUT2D eigenvalue weighted by Crippen LogP contribution is -2.92. The van der Waals surface area contributed by atoms with Crippen LogP contribution in [0.15, 0.2) is 0 Å². The Morgan fingerprint density at radius 1 is 1.43 bits per heavy atom. The first-order valence-corrected chi connectivity index (χ1v) is 5.68. The summed E-state index contributed by atoms with van der Waals surface area (Å²) in [5.41, 5.74) is 1.27. The zero-order valence-corrected chi connectivity index (χ0v) is 6.06. The molecule has 44 valence electrons. The number of hydrogen-bond acceptors (Lipinski definition) is 2. The van der Waals surface area contributed by atoms with Gasteiger partial charge in [-0.3, -0.25) is 0 Å². The number of hydrogen-bond donors (Lipinski definition) is 2. The van der Waals surface area contributed by atoms with Crippen LogP contribution in [0.1, 0.15) is 0 Å². The second kappa shape index (κ2) is 2.42. The van der Waals surface area contributed by atoms with Crippen LogP contribution < -0.4 is 11.4 Å². The Bertz CT molecular complexity index is 51.4. The second-order valence-electron chi connectivity index (χ2n) is 2.37. The number of nitrogens with two attached hydrogens (primary N) is 2. The topological polar surface area (TPSA) is 51.9 Å². The van der Waals surface area contributed by atoms with Gasteiger partial charge in [0, 0.05) is 0 Å². The molecule has 0 aromatic rings. The summed E-state index contributed by atoms with van der Waals surface area (Å²) in [4.78, 5) is 0. The quantitative estimate of drug-likeness (QED) is 0.285. The summed E-state index contributed by atoms with van der Waals surface area (Å²) in [5, 5.41) is 0. The lowest BCUT2D eigenvalue weighted by molar-refractivity contribution is -0.877. The molecule has 0 fully saturated rings. The van der Waals surface area contributed by atoms with Crippen molar-refractivity contribution in [2.75, 3.05) is 0 Å². The normalized spacial score (nSPS) is 12.0. The monoisotopic (exact) mass is 121 g/mol. The standard InChI is InChI=1S/C3H12N2OSi/c1-7(2,3)6-5-4/h5H,4H2,1-3H3/p+1. The molecule has 0 bridgehead atoms.